The summed E-state index contributed by atoms with van der Waals surface area (Å²) in [4.78, 5) is 21.6. The van der Waals surface area contributed by atoms with Gasteiger partial charge in [0, 0.05) is 6.07 Å². The lowest BCUT2D eigenvalue weighted by atomic mass is 10.4. The average molecular weight is 199 g/mol. The topological polar surface area (TPSA) is 88.8 Å². The van der Waals surface area contributed by atoms with Crippen molar-refractivity contribution in [3.05, 3.63) is 22.6 Å². The maximum atomic E-state index is 10.9. The van der Waals surface area contributed by atoms with Crippen molar-refractivity contribution >= 4 is 12.0 Å². The van der Waals surface area contributed by atoms with Gasteiger partial charge in [0.2, 0.25) is 5.88 Å². The van der Waals surface area contributed by atoms with Crippen LogP contribution in [0.4, 0.5) is 10.7 Å². The molecule has 0 unspecified atom stereocenters. The number of rotatable bonds is 2. The van der Waals surface area contributed by atoms with Gasteiger partial charge in [0.05, 0.1) is 12.7 Å². The number of hydrogen-bond donors (Lipinski definition) is 2. The molecule has 14 heavy (non-hydrogen) atoms. The van der Waals surface area contributed by atoms with E-state index in [0.29, 0.717) is 0 Å². The van der Waals surface area contributed by atoms with Crippen molar-refractivity contribution in [2.24, 2.45) is 0 Å². The third-order valence-corrected chi connectivity index (χ3v) is 1.26. The van der Waals surface area contributed by atoms with Crippen LogP contribution in [0, 0.1) is 0 Å². The van der Waals surface area contributed by atoms with E-state index in [1.165, 1.54) is 0 Å². The van der Waals surface area contributed by atoms with Crippen molar-refractivity contribution in [2.45, 2.75) is 6.92 Å². The predicted octanol–water partition coefficient (Wildman–Crippen LogP) is 0.914. The Bertz CT molecular complexity index is 384. The summed E-state index contributed by atoms with van der Waals surface area (Å²) in [6, 6.07) is 1.98. The van der Waals surface area contributed by atoms with E-state index < -0.39 is 11.7 Å². The number of amides is 1. The Morgan fingerprint density at radius 2 is 2.36 bits per heavy atom. The van der Waals surface area contributed by atoms with Crippen LogP contribution in [0.5, 0.6) is 5.75 Å². The van der Waals surface area contributed by atoms with Crippen LogP contribution >= 0.6 is 0 Å². The monoisotopic (exact) mass is 199 g/mol. The molecule has 0 bridgehead atoms. The molecule has 6 heteroatoms. The van der Waals surface area contributed by atoms with Crippen LogP contribution < -0.4 is 10.9 Å². The molecule has 0 fully saturated rings. The van der Waals surface area contributed by atoms with Crippen LogP contribution in [0.2, 0.25) is 0 Å². The van der Waals surface area contributed by atoms with Crippen LogP contribution in [0.15, 0.2) is 21.3 Å². The highest BCUT2D eigenvalue weighted by molar-refractivity contribution is 5.82. The second-order valence-electron chi connectivity index (χ2n) is 2.34. The SMILES string of the molecule is CCOC(=O)Nc1cc(O)cc(=O)o1. The summed E-state index contributed by atoms with van der Waals surface area (Å²) in [6.07, 6.45) is -0.749. The van der Waals surface area contributed by atoms with Crippen LogP contribution in [-0.2, 0) is 4.74 Å². The summed E-state index contributed by atoms with van der Waals surface area (Å²) in [5.74, 6) is -0.443. The van der Waals surface area contributed by atoms with Gasteiger partial charge in [-0.2, -0.15) is 0 Å². The van der Waals surface area contributed by atoms with Crippen LogP contribution in [0.1, 0.15) is 6.92 Å². The Hall–Kier alpha value is -1.98. The highest BCUT2D eigenvalue weighted by Crippen LogP contribution is 2.12. The van der Waals surface area contributed by atoms with Gasteiger partial charge >= 0.3 is 11.7 Å². The fourth-order valence-electron chi connectivity index (χ4n) is 0.793. The molecule has 0 saturated heterocycles. The molecule has 0 aliphatic heterocycles. The number of aromatic hydroxyl groups is 1. The van der Waals surface area contributed by atoms with Gasteiger partial charge in [-0.3, -0.25) is 5.32 Å². The summed E-state index contributed by atoms with van der Waals surface area (Å²) in [6.45, 7) is 1.84. The minimum atomic E-state index is -0.753. The maximum absolute atomic E-state index is 10.9. The first-order valence-corrected chi connectivity index (χ1v) is 3.89. The van der Waals surface area contributed by atoms with Crippen molar-refractivity contribution in [1.82, 2.24) is 0 Å². The molecule has 0 aliphatic rings. The van der Waals surface area contributed by atoms with Crippen molar-refractivity contribution in [3.8, 4) is 5.75 Å². The van der Waals surface area contributed by atoms with Crippen LogP contribution in [0.25, 0.3) is 0 Å². The van der Waals surface area contributed by atoms with Gasteiger partial charge in [-0.15, -0.1) is 0 Å². The van der Waals surface area contributed by atoms with Crippen molar-refractivity contribution in [2.75, 3.05) is 11.9 Å². The average Bonchev–Trinajstić information content (AvgIpc) is 2.01. The van der Waals surface area contributed by atoms with Crippen LogP contribution in [0.3, 0.4) is 0 Å². The molecule has 0 aliphatic carbocycles. The molecule has 1 aromatic rings. The van der Waals surface area contributed by atoms with E-state index in [0.717, 1.165) is 12.1 Å². The Morgan fingerprint density at radius 1 is 1.64 bits per heavy atom. The van der Waals surface area contributed by atoms with Gasteiger partial charge in [0.25, 0.3) is 0 Å². The molecule has 0 spiro atoms. The van der Waals surface area contributed by atoms with E-state index >= 15 is 0 Å². The Labute approximate surface area is 79.1 Å². The van der Waals surface area contributed by atoms with Crippen LogP contribution in [-0.4, -0.2) is 17.8 Å². The molecule has 1 heterocycles. The molecule has 0 saturated carbocycles. The minimum Gasteiger partial charge on any atom is -0.507 e. The van der Waals surface area contributed by atoms with E-state index in [1.807, 2.05) is 0 Å². The first-order chi connectivity index (χ1) is 6.61. The van der Waals surface area contributed by atoms with E-state index in [4.69, 9.17) is 5.11 Å². The molecular formula is C8H9NO5. The van der Waals surface area contributed by atoms with E-state index in [2.05, 4.69) is 14.5 Å². The Morgan fingerprint density at radius 3 is 2.93 bits per heavy atom. The largest absolute Gasteiger partial charge is 0.507 e. The first-order valence-electron chi connectivity index (χ1n) is 3.89. The molecule has 1 amide bonds. The maximum Gasteiger partial charge on any atom is 0.413 e. The predicted molar refractivity (Wildman–Crippen MR) is 47.3 cm³/mol. The van der Waals surface area contributed by atoms with Gasteiger partial charge in [-0.1, -0.05) is 0 Å². The fourth-order valence-corrected chi connectivity index (χ4v) is 0.793. The molecule has 1 aromatic heterocycles. The lowest BCUT2D eigenvalue weighted by Gasteiger charge is -2.02. The zero-order chi connectivity index (χ0) is 10.6. The molecule has 0 aromatic carbocycles. The summed E-state index contributed by atoms with van der Waals surface area (Å²) >= 11 is 0. The molecule has 0 radical (unpaired) electrons. The fraction of sp³-hybridized carbons (Fsp3) is 0.250. The van der Waals surface area contributed by atoms with Crippen molar-refractivity contribution < 1.29 is 19.1 Å². The summed E-state index contributed by atoms with van der Waals surface area (Å²) in [5, 5.41) is 11.1. The second kappa shape index (κ2) is 4.31. The lowest BCUT2D eigenvalue weighted by molar-refractivity contribution is 0.167. The van der Waals surface area contributed by atoms with Gasteiger partial charge < -0.3 is 14.3 Å². The summed E-state index contributed by atoms with van der Waals surface area (Å²) in [7, 11) is 0. The third-order valence-electron chi connectivity index (χ3n) is 1.26. The summed E-state index contributed by atoms with van der Waals surface area (Å²) < 4.78 is 9.08. The van der Waals surface area contributed by atoms with Crippen molar-refractivity contribution in [3.63, 3.8) is 0 Å². The molecule has 2 N–H and O–H groups in total. The quantitative estimate of drug-likeness (QED) is 0.739. The van der Waals surface area contributed by atoms with Gasteiger partial charge in [-0.25, -0.2) is 9.59 Å². The zero-order valence-electron chi connectivity index (χ0n) is 7.44. The smallest absolute Gasteiger partial charge is 0.413 e. The number of hydrogen-bond acceptors (Lipinski definition) is 5. The molecule has 1 rings (SSSR count). The van der Waals surface area contributed by atoms with Gasteiger partial charge in [0.15, 0.2) is 0 Å². The molecule has 0 atom stereocenters. The standard InChI is InChI=1S/C8H9NO5/c1-2-13-8(12)9-6-3-5(10)4-7(11)14-6/h3-4,10H,2H2,1H3,(H,9,12). The lowest BCUT2D eigenvalue weighted by Crippen LogP contribution is -2.14. The zero-order valence-corrected chi connectivity index (χ0v) is 7.44. The molecular weight excluding hydrogens is 190 g/mol. The number of carbonyl (C=O) groups is 1. The minimum absolute atomic E-state index is 0.159. The van der Waals surface area contributed by atoms with Gasteiger partial charge in [-0.05, 0) is 6.92 Å². The van der Waals surface area contributed by atoms with E-state index in [-0.39, 0.29) is 18.2 Å². The highest BCUT2D eigenvalue weighted by Gasteiger charge is 2.05. The normalized spacial score (nSPS) is 9.50. The summed E-state index contributed by atoms with van der Waals surface area (Å²) in [5.41, 5.74) is -0.753. The first kappa shape index (κ1) is 10.1. The van der Waals surface area contributed by atoms with Gasteiger partial charge in [0.1, 0.15) is 5.75 Å². The second-order valence-corrected chi connectivity index (χ2v) is 2.34. The van der Waals surface area contributed by atoms with E-state index in [9.17, 15) is 9.59 Å². The van der Waals surface area contributed by atoms with E-state index in [1.54, 1.807) is 6.92 Å². The molecule has 76 valence electrons. The third kappa shape index (κ3) is 2.81. The number of carbonyl (C=O) groups excluding carboxylic acids is 1. The Kier molecular flexibility index (Phi) is 3.11. The molecule has 6 nitrogen and oxygen atoms in total. The number of nitrogens with one attached hydrogen (secondary N) is 1. The Balaban J connectivity index is 2.76. The number of anilines is 1. The number of ether oxygens (including phenoxy) is 1. The van der Waals surface area contributed by atoms with Crippen molar-refractivity contribution in [1.29, 1.82) is 0 Å². The highest BCUT2D eigenvalue weighted by atomic mass is 16.5.